The molecule has 0 aromatic carbocycles. The van der Waals surface area contributed by atoms with Crippen LogP contribution in [-0.4, -0.2) is 6.29 Å². The number of hydrogen-bond acceptors (Lipinski definition) is 1. The zero-order valence-electron chi connectivity index (χ0n) is 10.9. The smallest absolute Gasteiger partial charge is 0.145 e. The second-order valence-corrected chi connectivity index (χ2v) is 4.83. The standard InChI is InChI=1S/C14H24O/c1-10(2)7-8-12(5)14(11(3)4)13(6)9-15/h7,9,11-12H,8H2,1-6H3/b14-13+. The van der Waals surface area contributed by atoms with Gasteiger partial charge in [-0.05, 0) is 44.6 Å². The Morgan fingerprint density at radius 2 is 1.67 bits per heavy atom. The first kappa shape index (κ1) is 14.2. The van der Waals surface area contributed by atoms with E-state index in [9.17, 15) is 4.79 Å². The van der Waals surface area contributed by atoms with E-state index in [1.807, 2.05) is 6.92 Å². The van der Waals surface area contributed by atoms with Crippen LogP contribution < -0.4 is 0 Å². The summed E-state index contributed by atoms with van der Waals surface area (Å²) in [5, 5.41) is 0. The van der Waals surface area contributed by atoms with Crippen molar-refractivity contribution in [2.45, 2.75) is 48.0 Å². The SMILES string of the molecule is CC(C)=CCC(C)/C(=C(\C)C=O)C(C)C. The van der Waals surface area contributed by atoms with Gasteiger partial charge in [-0.1, -0.05) is 38.0 Å². The Kier molecular flexibility index (Phi) is 6.23. The van der Waals surface area contributed by atoms with Gasteiger partial charge in [0.05, 0.1) is 0 Å². The third-order valence-corrected chi connectivity index (χ3v) is 2.66. The maximum Gasteiger partial charge on any atom is 0.145 e. The predicted octanol–water partition coefficient (Wildman–Crippen LogP) is 4.15. The summed E-state index contributed by atoms with van der Waals surface area (Å²) < 4.78 is 0. The second kappa shape index (κ2) is 6.60. The van der Waals surface area contributed by atoms with Crippen molar-refractivity contribution in [2.75, 3.05) is 0 Å². The Morgan fingerprint density at radius 1 is 1.13 bits per heavy atom. The maximum absolute atomic E-state index is 10.8. The molecule has 0 N–H and O–H groups in total. The van der Waals surface area contributed by atoms with Gasteiger partial charge in [-0.15, -0.1) is 0 Å². The Bertz CT molecular complexity index is 265. The van der Waals surface area contributed by atoms with E-state index in [4.69, 9.17) is 0 Å². The lowest BCUT2D eigenvalue weighted by atomic mass is 9.85. The zero-order chi connectivity index (χ0) is 12.0. The number of rotatable bonds is 5. The van der Waals surface area contributed by atoms with Crippen molar-refractivity contribution < 1.29 is 4.79 Å². The van der Waals surface area contributed by atoms with E-state index in [1.165, 1.54) is 11.1 Å². The summed E-state index contributed by atoms with van der Waals surface area (Å²) in [5.41, 5.74) is 3.54. The van der Waals surface area contributed by atoms with Crippen LogP contribution >= 0.6 is 0 Å². The number of aldehydes is 1. The molecule has 0 spiro atoms. The maximum atomic E-state index is 10.8. The lowest BCUT2D eigenvalue weighted by molar-refractivity contribution is -0.105. The third kappa shape index (κ3) is 4.96. The van der Waals surface area contributed by atoms with Crippen molar-refractivity contribution >= 4 is 6.29 Å². The van der Waals surface area contributed by atoms with E-state index < -0.39 is 0 Å². The fourth-order valence-electron chi connectivity index (χ4n) is 2.02. The summed E-state index contributed by atoms with van der Waals surface area (Å²) in [6, 6.07) is 0. The van der Waals surface area contributed by atoms with Crippen molar-refractivity contribution in [1.29, 1.82) is 0 Å². The molecule has 0 aliphatic rings. The summed E-state index contributed by atoms with van der Waals surface area (Å²) in [6.45, 7) is 12.6. The number of allylic oxidation sites excluding steroid dienone is 4. The molecule has 86 valence electrons. The minimum Gasteiger partial charge on any atom is -0.298 e. The van der Waals surface area contributed by atoms with E-state index in [2.05, 4.69) is 40.7 Å². The molecule has 0 saturated heterocycles. The highest BCUT2D eigenvalue weighted by molar-refractivity contribution is 5.73. The first-order chi connectivity index (χ1) is 6.90. The van der Waals surface area contributed by atoms with E-state index in [1.54, 1.807) is 0 Å². The van der Waals surface area contributed by atoms with Crippen molar-refractivity contribution in [3.63, 3.8) is 0 Å². The topological polar surface area (TPSA) is 17.1 Å². The van der Waals surface area contributed by atoms with E-state index >= 15 is 0 Å². The second-order valence-electron chi connectivity index (χ2n) is 4.83. The lowest BCUT2D eigenvalue weighted by Crippen LogP contribution is -2.08. The highest BCUT2D eigenvalue weighted by Gasteiger charge is 2.14. The van der Waals surface area contributed by atoms with Gasteiger partial charge in [-0.3, -0.25) is 4.79 Å². The molecule has 0 amide bonds. The molecule has 15 heavy (non-hydrogen) atoms. The van der Waals surface area contributed by atoms with Gasteiger partial charge < -0.3 is 0 Å². The van der Waals surface area contributed by atoms with Gasteiger partial charge in [0.1, 0.15) is 6.29 Å². The molecule has 0 saturated carbocycles. The minimum absolute atomic E-state index is 0.454. The van der Waals surface area contributed by atoms with Crippen LogP contribution in [0.15, 0.2) is 22.8 Å². The lowest BCUT2D eigenvalue weighted by Gasteiger charge is -2.20. The largest absolute Gasteiger partial charge is 0.298 e. The Balaban J connectivity index is 4.80. The van der Waals surface area contributed by atoms with Crippen molar-refractivity contribution in [3.8, 4) is 0 Å². The van der Waals surface area contributed by atoms with Gasteiger partial charge in [0.2, 0.25) is 0 Å². The van der Waals surface area contributed by atoms with Crippen LogP contribution in [0, 0.1) is 11.8 Å². The monoisotopic (exact) mass is 208 g/mol. The molecule has 0 rings (SSSR count). The van der Waals surface area contributed by atoms with Crippen LogP contribution in [0.1, 0.15) is 48.0 Å². The van der Waals surface area contributed by atoms with Gasteiger partial charge >= 0.3 is 0 Å². The Morgan fingerprint density at radius 3 is 2.00 bits per heavy atom. The Labute approximate surface area is 94.3 Å². The van der Waals surface area contributed by atoms with E-state index in [-0.39, 0.29) is 0 Å². The summed E-state index contributed by atoms with van der Waals surface area (Å²) in [6.07, 6.45) is 4.25. The van der Waals surface area contributed by atoms with Gasteiger partial charge in [0.15, 0.2) is 0 Å². The molecule has 0 radical (unpaired) electrons. The number of carbonyl (C=O) groups excluding carboxylic acids is 1. The quantitative estimate of drug-likeness (QED) is 0.377. The molecule has 0 heterocycles. The Hall–Kier alpha value is -0.850. The molecule has 0 fully saturated rings. The fourth-order valence-corrected chi connectivity index (χ4v) is 2.02. The number of carbonyl (C=O) groups is 1. The highest BCUT2D eigenvalue weighted by Crippen LogP contribution is 2.26. The zero-order valence-corrected chi connectivity index (χ0v) is 10.9. The first-order valence-electron chi connectivity index (χ1n) is 5.69. The molecule has 1 atom stereocenters. The average molecular weight is 208 g/mol. The molecule has 1 unspecified atom stereocenters. The summed E-state index contributed by atoms with van der Waals surface area (Å²) in [7, 11) is 0. The van der Waals surface area contributed by atoms with E-state index in [0.717, 1.165) is 18.3 Å². The van der Waals surface area contributed by atoms with Gasteiger partial charge in [-0.25, -0.2) is 0 Å². The third-order valence-electron chi connectivity index (χ3n) is 2.66. The molecular weight excluding hydrogens is 184 g/mol. The minimum atomic E-state index is 0.454. The van der Waals surface area contributed by atoms with Crippen molar-refractivity contribution in [2.24, 2.45) is 11.8 Å². The molecule has 0 aromatic rings. The van der Waals surface area contributed by atoms with Gasteiger partial charge in [-0.2, -0.15) is 0 Å². The van der Waals surface area contributed by atoms with Crippen LogP contribution in [0.25, 0.3) is 0 Å². The molecule has 0 aromatic heterocycles. The van der Waals surface area contributed by atoms with Crippen LogP contribution in [-0.2, 0) is 4.79 Å². The normalized spacial score (nSPS) is 14.6. The highest BCUT2D eigenvalue weighted by atomic mass is 16.1. The summed E-state index contributed by atoms with van der Waals surface area (Å²) >= 11 is 0. The predicted molar refractivity (Wildman–Crippen MR) is 66.8 cm³/mol. The number of hydrogen-bond donors (Lipinski definition) is 0. The van der Waals surface area contributed by atoms with E-state index in [0.29, 0.717) is 11.8 Å². The van der Waals surface area contributed by atoms with Crippen molar-refractivity contribution in [1.82, 2.24) is 0 Å². The molecule has 1 nitrogen and oxygen atoms in total. The van der Waals surface area contributed by atoms with Crippen LogP contribution in [0.4, 0.5) is 0 Å². The molecule has 0 aliphatic heterocycles. The van der Waals surface area contributed by atoms with Crippen LogP contribution in [0.2, 0.25) is 0 Å². The molecule has 0 bridgehead atoms. The summed E-state index contributed by atoms with van der Waals surface area (Å²) in [5.74, 6) is 0.917. The van der Waals surface area contributed by atoms with Crippen LogP contribution in [0.5, 0.6) is 0 Å². The molecular formula is C14H24O. The van der Waals surface area contributed by atoms with Crippen LogP contribution in [0.3, 0.4) is 0 Å². The van der Waals surface area contributed by atoms with Gasteiger partial charge in [0.25, 0.3) is 0 Å². The molecule has 0 aliphatic carbocycles. The molecule has 1 heteroatoms. The fraction of sp³-hybridized carbons (Fsp3) is 0.643. The summed E-state index contributed by atoms with van der Waals surface area (Å²) in [4.78, 5) is 10.8. The van der Waals surface area contributed by atoms with Gasteiger partial charge in [0, 0.05) is 0 Å². The first-order valence-corrected chi connectivity index (χ1v) is 5.69. The van der Waals surface area contributed by atoms with Crippen molar-refractivity contribution in [3.05, 3.63) is 22.8 Å². The average Bonchev–Trinajstić information content (AvgIpc) is 2.14.